The Morgan fingerprint density at radius 1 is 1.38 bits per heavy atom. The predicted octanol–water partition coefficient (Wildman–Crippen LogP) is 1.94. The van der Waals surface area contributed by atoms with E-state index in [9.17, 15) is 0 Å². The highest BCUT2D eigenvalue weighted by Gasteiger charge is 2.11. The second-order valence-electron chi connectivity index (χ2n) is 3.85. The van der Waals surface area contributed by atoms with Gasteiger partial charge in [-0.05, 0) is 18.6 Å². The lowest BCUT2D eigenvalue weighted by molar-refractivity contribution is 0.752. The first-order valence-corrected chi connectivity index (χ1v) is 5.38. The van der Waals surface area contributed by atoms with Gasteiger partial charge >= 0.3 is 0 Å². The number of hydrogen-bond donors (Lipinski definition) is 1. The van der Waals surface area contributed by atoms with Crippen molar-refractivity contribution in [2.45, 2.75) is 20.3 Å². The molecule has 0 aliphatic rings. The Labute approximate surface area is 95.1 Å². The summed E-state index contributed by atoms with van der Waals surface area (Å²) in [6, 6.07) is 5.86. The Bertz CT molecular complexity index is 514. The topological polar surface area (TPSA) is 56.7 Å². The fourth-order valence-corrected chi connectivity index (χ4v) is 1.72. The average molecular weight is 216 g/mol. The summed E-state index contributed by atoms with van der Waals surface area (Å²) in [4.78, 5) is 4.50. The Morgan fingerprint density at radius 3 is 2.75 bits per heavy atom. The standard InChI is InChI=1S/C12H16N4/c1-4-11-14-12(16(3)15-11)9-6-5-7-10(13)8(9)2/h5-7H,4,13H2,1-3H3. The zero-order chi connectivity index (χ0) is 11.7. The minimum absolute atomic E-state index is 0.790. The lowest BCUT2D eigenvalue weighted by atomic mass is 10.1. The summed E-state index contributed by atoms with van der Waals surface area (Å²) in [5.41, 5.74) is 8.79. The van der Waals surface area contributed by atoms with Crippen LogP contribution in [0.15, 0.2) is 18.2 Å². The van der Waals surface area contributed by atoms with Gasteiger partial charge in [0.2, 0.25) is 0 Å². The van der Waals surface area contributed by atoms with E-state index in [2.05, 4.69) is 10.1 Å². The molecular weight excluding hydrogens is 200 g/mol. The summed E-state index contributed by atoms with van der Waals surface area (Å²) in [7, 11) is 1.91. The van der Waals surface area contributed by atoms with E-state index in [0.29, 0.717) is 0 Å². The molecule has 1 heterocycles. The maximum Gasteiger partial charge on any atom is 0.158 e. The molecule has 2 aromatic rings. The van der Waals surface area contributed by atoms with Gasteiger partial charge in [-0.3, -0.25) is 0 Å². The van der Waals surface area contributed by atoms with E-state index in [1.807, 2.05) is 39.1 Å². The second kappa shape index (κ2) is 3.96. The van der Waals surface area contributed by atoms with Crippen molar-refractivity contribution < 1.29 is 0 Å². The van der Waals surface area contributed by atoms with E-state index in [-0.39, 0.29) is 0 Å². The lowest BCUT2D eigenvalue weighted by Crippen LogP contribution is -1.98. The van der Waals surface area contributed by atoms with Gasteiger partial charge < -0.3 is 5.73 Å². The second-order valence-corrected chi connectivity index (χ2v) is 3.85. The number of aromatic nitrogens is 3. The van der Waals surface area contributed by atoms with Crippen LogP contribution >= 0.6 is 0 Å². The number of hydrogen-bond acceptors (Lipinski definition) is 3. The molecule has 2 rings (SSSR count). The van der Waals surface area contributed by atoms with Crippen LogP contribution in [-0.2, 0) is 13.5 Å². The maximum atomic E-state index is 5.89. The molecule has 4 nitrogen and oxygen atoms in total. The highest BCUT2D eigenvalue weighted by molar-refractivity contribution is 5.67. The van der Waals surface area contributed by atoms with Gasteiger partial charge in [0, 0.05) is 24.7 Å². The van der Waals surface area contributed by atoms with E-state index in [1.165, 1.54) is 0 Å². The Kier molecular flexibility index (Phi) is 2.64. The van der Waals surface area contributed by atoms with E-state index in [1.54, 1.807) is 4.68 Å². The number of nitrogens with two attached hydrogens (primary N) is 1. The molecule has 0 amide bonds. The van der Waals surface area contributed by atoms with Gasteiger partial charge in [0.25, 0.3) is 0 Å². The number of nitrogens with zero attached hydrogens (tertiary/aromatic N) is 3. The van der Waals surface area contributed by atoms with E-state index >= 15 is 0 Å². The van der Waals surface area contributed by atoms with Gasteiger partial charge in [0.05, 0.1) is 0 Å². The molecule has 0 atom stereocenters. The normalized spacial score (nSPS) is 10.7. The molecule has 0 fully saturated rings. The van der Waals surface area contributed by atoms with Crippen molar-refractivity contribution in [3.05, 3.63) is 29.6 Å². The number of anilines is 1. The third kappa shape index (κ3) is 1.66. The highest BCUT2D eigenvalue weighted by atomic mass is 15.3. The summed E-state index contributed by atoms with van der Waals surface area (Å²) in [6.45, 7) is 4.05. The minimum Gasteiger partial charge on any atom is -0.398 e. The summed E-state index contributed by atoms with van der Waals surface area (Å²) >= 11 is 0. The Hall–Kier alpha value is -1.84. The molecule has 1 aromatic carbocycles. The molecule has 0 aliphatic carbocycles. The first kappa shape index (κ1) is 10.7. The quantitative estimate of drug-likeness (QED) is 0.780. The number of aryl methyl sites for hydroxylation is 2. The smallest absolute Gasteiger partial charge is 0.158 e. The zero-order valence-electron chi connectivity index (χ0n) is 9.86. The summed E-state index contributed by atoms with van der Waals surface area (Å²) in [5, 5.41) is 4.34. The molecule has 0 aliphatic heterocycles. The molecule has 0 saturated heterocycles. The van der Waals surface area contributed by atoms with Gasteiger partial charge in [-0.2, -0.15) is 5.10 Å². The fraction of sp³-hybridized carbons (Fsp3) is 0.333. The molecule has 16 heavy (non-hydrogen) atoms. The monoisotopic (exact) mass is 216 g/mol. The van der Waals surface area contributed by atoms with E-state index in [4.69, 9.17) is 5.73 Å². The van der Waals surface area contributed by atoms with Crippen molar-refractivity contribution in [3.63, 3.8) is 0 Å². The first-order valence-electron chi connectivity index (χ1n) is 5.38. The fourth-order valence-electron chi connectivity index (χ4n) is 1.72. The van der Waals surface area contributed by atoms with E-state index in [0.717, 1.165) is 34.9 Å². The van der Waals surface area contributed by atoms with Crippen molar-refractivity contribution in [1.82, 2.24) is 14.8 Å². The van der Waals surface area contributed by atoms with Crippen molar-refractivity contribution in [3.8, 4) is 11.4 Å². The molecule has 2 N–H and O–H groups in total. The van der Waals surface area contributed by atoms with Crippen LogP contribution in [0.25, 0.3) is 11.4 Å². The van der Waals surface area contributed by atoms with Crippen LogP contribution in [0.1, 0.15) is 18.3 Å². The summed E-state index contributed by atoms with van der Waals surface area (Å²) in [5.74, 6) is 1.74. The summed E-state index contributed by atoms with van der Waals surface area (Å²) in [6.07, 6.45) is 0.842. The first-order chi connectivity index (χ1) is 7.63. The molecule has 0 saturated carbocycles. The Balaban J connectivity index is 2.58. The number of benzene rings is 1. The van der Waals surface area contributed by atoms with Crippen molar-refractivity contribution in [2.24, 2.45) is 7.05 Å². The molecule has 4 heteroatoms. The van der Waals surface area contributed by atoms with Gasteiger partial charge in [-0.15, -0.1) is 0 Å². The third-order valence-corrected chi connectivity index (χ3v) is 2.74. The zero-order valence-corrected chi connectivity index (χ0v) is 9.86. The SMILES string of the molecule is CCc1nc(-c2cccc(N)c2C)n(C)n1. The largest absolute Gasteiger partial charge is 0.398 e. The highest BCUT2D eigenvalue weighted by Crippen LogP contribution is 2.25. The van der Waals surface area contributed by atoms with Gasteiger partial charge in [-0.1, -0.05) is 19.1 Å². The average Bonchev–Trinajstić information content (AvgIpc) is 2.64. The van der Waals surface area contributed by atoms with Gasteiger partial charge in [0.1, 0.15) is 0 Å². The van der Waals surface area contributed by atoms with E-state index < -0.39 is 0 Å². The van der Waals surface area contributed by atoms with Crippen LogP contribution < -0.4 is 5.73 Å². The lowest BCUT2D eigenvalue weighted by Gasteiger charge is -2.06. The van der Waals surface area contributed by atoms with Crippen molar-refractivity contribution in [1.29, 1.82) is 0 Å². The summed E-state index contributed by atoms with van der Waals surface area (Å²) < 4.78 is 1.81. The molecule has 0 radical (unpaired) electrons. The van der Waals surface area contributed by atoms with Crippen LogP contribution in [0.5, 0.6) is 0 Å². The molecule has 0 spiro atoms. The molecule has 84 valence electrons. The maximum absolute atomic E-state index is 5.89. The van der Waals surface area contributed by atoms with Crippen molar-refractivity contribution in [2.75, 3.05) is 5.73 Å². The van der Waals surface area contributed by atoms with Crippen LogP contribution in [0.4, 0.5) is 5.69 Å². The van der Waals surface area contributed by atoms with Crippen LogP contribution in [0.3, 0.4) is 0 Å². The van der Waals surface area contributed by atoms with Crippen molar-refractivity contribution >= 4 is 5.69 Å². The molecular formula is C12H16N4. The minimum atomic E-state index is 0.790. The molecule has 1 aromatic heterocycles. The Morgan fingerprint density at radius 2 is 2.12 bits per heavy atom. The van der Waals surface area contributed by atoms with Crippen LogP contribution in [0.2, 0.25) is 0 Å². The molecule has 0 bridgehead atoms. The predicted molar refractivity (Wildman–Crippen MR) is 65.0 cm³/mol. The van der Waals surface area contributed by atoms with Gasteiger partial charge in [0.15, 0.2) is 11.6 Å². The third-order valence-electron chi connectivity index (χ3n) is 2.74. The number of rotatable bonds is 2. The molecule has 0 unspecified atom stereocenters. The van der Waals surface area contributed by atoms with Crippen LogP contribution in [-0.4, -0.2) is 14.8 Å². The van der Waals surface area contributed by atoms with Crippen LogP contribution in [0, 0.1) is 6.92 Å². The number of nitrogen functional groups attached to an aromatic ring is 1. The van der Waals surface area contributed by atoms with Gasteiger partial charge in [-0.25, -0.2) is 9.67 Å².